The van der Waals surface area contributed by atoms with Gasteiger partial charge >= 0.3 is 0 Å². The summed E-state index contributed by atoms with van der Waals surface area (Å²) in [6.07, 6.45) is 2.19. The molecule has 1 aliphatic carbocycles. The normalized spacial score (nSPS) is 17.2. The monoisotopic (exact) mass is 264 g/mol. The molecule has 1 aromatic carbocycles. The highest BCUT2D eigenvalue weighted by Crippen LogP contribution is 2.33. The number of nitriles is 1. The van der Waals surface area contributed by atoms with Crippen molar-refractivity contribution in [2.24, 2.45) is 5.92 Å². The number of rotatable bonds is 4. The van der Waals surface area contributed by atoms with E-state index >= 15 is 0 Å². The molecule has 0 radical (unpaired) electrons. The average molecular weight is 264 g/mol. The number of nitrogens with zero attached hydrogens (tertiary/aromatic N) is 1. The van der Waals surface area contributed by atoms with Gasteiger partial charge in [-0.05, 0) is 56.4 Å². The number of hydrogen-bond acceptors (Lipinski definition) is 3. The number of hydrogen-bond donors (Lipinski definition) is 1. The quantitative estimate of drug-likeness (QED) is 0.903. The van der Waals surface area contributed by atoms with Gasteiger partial charge in [0.15, 0.2) is 0 Å². The minimum Gasteiger partial charge on any atom is -0.208 e. The zero-order chi connectivity index (χ0) is 13.3. The van der Waals surface area contributed by atoms with Crippen LogP contribution in [-0.4, -0.2) is 14.5 Å². The van der Waals surface area contributed by atoms with Crippen molar-refractivity contribution < 1.29 is 8.42 Å². The summed E-state index contributed by atoms with van der Waals surface area (Å²) in [5, 5.41) is 8.82. The molecule has 2 rings (SSSR count). The second kappa shape index (κ2) is 4.71. The Morgan fingerprint density at radius 2 is 2.11 bits per heavy atom. The van der Waals surface area contributed by atoms with E-state index in [9.17, 15) is 8.42 Å². The van der Waals surface area contributed by atoms with Gasteiger partial charge in [-0.25, -0.2) is 13.1 Å². The Morgan fingerprint density at radius 3 is 2.61 bits per heavy atom. The molecule has 0 spiro atoms. The van der Waals surface area contributed by atoms with Crippen molar-refractivity contribution in [3.63, 3.8) is 0 Å². The van der Waals surface area contributed by atoms with E-state index in [4.69, 9.17) is 5.26 Å². The summed E-state index contributed by atoms with van der Waals surface area (Å²) in [5.41, 5.74) is 1.18. The van der Waals surface area contributed by atoms with E-state index in [1.165, 1.54) is 6.07 Å². The molecule has 0 heterocycles. The molecule has 4 nitrogen and oxygen atoms in total. The fourth-order valence-corrected chi connectivity index (χ4v) is 3.33. The molecule has 0 aromatic heterocycles. The standard InChI is InChI=1S/C13H16N2O2S/c1-9-7-13(6-5-12(9)8-14)18(16,17)15-10(2)11-3-4-11/h5-7,10-11,15H,3-4H2,1-2H3. The Kier molecular flexibility index (Phi) is 3.42. The van der Waals surface area contributed by atoms with Gasteiger partial charge in [-0.15, -0.1) is 0 Å². The Labute approximate surface area is 108 Å². The smallest absolute Gasteiger partial charge is 0.208 e. The van der Waals surface area contributed by atoms with E-state index < -0.39 is 10.0 Å². The minimum absolute atomic E-state index is 0.0223. The average Bonchev–Trinajstić information content (AvgIpc) is 3.12. The van der Waals surface area contributed by atoms with Crippen molar-refractivity contribution in [2.45, 2.75) is 37.6 Å². The summed E-state index contributed by atoms with van der Waals surface area (Å²) < 4.78 is 27.0. The first kappa shape index (κ1) is 13.1. The van der Waals surface area contributed by atoms with Crippen molar-refractivity contribution in [2.75, 3.05) is 0 Å². The molecule has 96 valence electrons. The van der Waals surface area contributed by atoms with Gasteiger partial charge in [-0.3, -0.25) is 0 Å². The molecule has 1 N–H and O–H groups in total. The number of aryl methyl sites for hydroxylation is 1. The second-order valence-electron chi connectivity index (χ2n) is 4.84. The first-order chi connectivity index (χ1) is 8.44. The summed E-state index contributed by atoms with van der Waals surface area (Å²) >= 11 is 0. The lowest BCUT2D eigenvalue weighted by atomic mass is 10.1. The molecule has 18 heavy (non-hydrogen) atoms. The fraction of sp³-hybridized carbons (Fsp3) is 0.462. The van der Waals surface area contributed by atoms with Crippen LogP contribution in [0.4, 0.5) is 0 Å². The molecular formula is C13H16N2O2S. The highest BCUT2D eigenvalue weighted by molar-refractivity contribution is 7.89. The van der Waals surface area contributed by atoms with Gasteiger partial charge in [-0.1, -0.05) is 0 Å². The number of nitrogens with one attached hydrogen (secondary N) is 1. The maximum atomic E-state index is 12.1. The van der Waals surface area contributed by atoms with Crippen molar-refractivity contribution in [1.29, 1.82) is 5.26 Å². The summed E-state index contributed by atoms with van der Waals surface area (Å²) in [5.74, 6) is 0.472. The Hall–Kier alpha value is -1.38. The van der Waals surface area contributed by atoms with Crippen LogP contribution in [-0.2, 0) is 10.0 Å². The Balaban J connectivity index is 2.24. The summed E-state index contributed by atoms with van der Waals surface area (Å²) in [4.78, 5) is 0.228. The van der Waals surface area contributed by atoms with Gasteiger partial charge in [0.05, 0.1) is 16.5 Å². The molecule has 1 aromatic rings. The van der Waals surface area contributed by atoms with Crippen LogP contribution in [0.15, 0.2) is 23.1 Å². The molecule has 1 aliphatic rings. The largest absolute Gasteiger partial charge is 0.240 e. The third-order valence-corrected chi connectivity index (χ3v) is 4.86. The van der Waals surface area contributed by atoms with Crippen LogP contribution >= 0.6 is 0 Å². The predicted octanol–water partition coefficient (Wildman–Crippen LogP) is 1.94. The number of sulfonamides is 1. The topological polar surface area (TPSA) is 70.0 Å². The van der Waals surface area contributed by atoms with Gasteiger partial charge in [-0.2, -0.15) is 5.26 Å². The molecule has 1 saturated carbocycles. The highest BCUT2D eigenvalue weighted by atomic mass is 32.2. The SMILES string of the molecule is Cc1cc(S(=O)(=O)NC(C)C2CC2)ccc1C#N. The van der Waals surface area contributed by atoms with Crippen molar-refractivity contribution in [3.05, 3.63) is 29.3 Å². The van der Waals surface area contributed by atoms with Gasteiger partial charge in [0, 0.05) is 6.04 Å². The van der Waals surface area contributed by atoms with Crippen molar-refractivity contribution in [1.82, 2.24) is 4.72 Å². The molecule has 1 atom stereocenters. The lowest BCUT2D eigenvalue weighted by Gasteiger charge is -2.13. The third-order valence-electron chi connectivity index (χ3n) is 3.30. The minimum atomic E-state index is -3.47. The van der Waals surface area contributed by atoms with Crippen LogP contribution in [0.3, 0.4) is 0 Å². The Morgan fingerprint density at radius 1 is 1.44 bits per heavy atom. The van der Waals surface area contributed by atoms with E-state index in [2.05, 4.69) is 4.72 Å². The molecule has 0 saturated heterocycles. The van der Waals surface area contributed by atoms with Crippen LogP contribution in [0, 0.1) is 24.2 Å². The first-order valence-corrected chi connectivity index (χ1v) is 7.45. The van der Waals surface area contributed by atoms with E-state index in [1.807, 2.05) is 13.0 Å². The van der Waals surface area contributed by atoms with Crippen LogP contribution in [0.25, 0.3) is 0 Å². The van der Waals surface area contributed by atoms with Crippen LogP contribution in [0.2, 0.25) is 0 Å². The zero-order valence-electron chi connectivity index (χ0n) is 10.5. The van der Waals surface area contributed by atoms with Crippen LogP contribution < -0.4 is 4.72 Å². The van der Waals surface area contributed by atoms with Crippen LogP contribution in [0.1, 0.15) is 30.9 Å². The van der Waals surface area contributed by atoms with Crippen molar-refractivity contribution in [3.8, 4) is 6.07 Å². The molecule has 0 aliphatic heterocycles. The third kappa shape index (κ3) is 2.71. The lowest BCUT2D eigenvalue weighted by Crippen LogP contribution is -2.34. The molecule has 0 amide bonds. The lowest BCUT2D eigenvalue weighted by molar-refractivity contribution is 0.538. The molecular weight excluding hydrogens is 248 g/mol. The summed E-state index contributed by atoms with van der Waals surface area (Å²) in [7, 11) is -3.47. The Bertz CT molecular complexity index is 598. The molecule has 0 bridgehead atoms. The maximum absolute atomic E-state index is 12.1. The van der Waals surface area contributed by atoms with E-state index in [0.29, 0.717) is 17.0 Å². The van der Waals surface area contributed by atoms with Crippen LogP contribution in [0.5, 0.6) is 0 Å². The molecule has 5 heteroatoms. The van der Waals surface area contributed by atoms with Crippen molar-refractivity contribution >= 4 is 10.0 Å². The van der Waals surface area contributed by atoms with Gasteiger partial charge in [0.1, 0.15) is 0 Å². The van der Waals surface area contributed by atoms with E-state index in [1.54, 1.807) is 19.1 Å². The van der Waals surface area contributed by atoms with E-state index in [0.717, 1.165) is 12.8 Å². The van der Waals surface area contributed by atoms with Gasteiger partial charge in [0.25, 0.3) is 0 Å². The summed E-state index contributed by atoms with van der Waals surface area (Å²) in [6.45, 7) is 3.63. The molecule has 1 fully saturated rings. The summed E-state index contributed by atoms with van der Waals surface area (Å²) in [6, 6.07) is 6.57. The van der Waals surface area contributed by atoms with Gasteiger partial charge < -0.3 is 0 Å². The second-order valence-corrected chi connectivity index (χ2v) is 6.55. The number of benzene rings is 1. The van der Waals surface area contributed by atoms with Gasteiger partial charge in [0.2, 0.25) is 10.0 Å². The maximum Gasteiger partial charge on any atom is 0.240 e. The zero-order valence-corrected chi connectivity index (χ0v) is 11.3. The van der Waals surface area contributed by atoms with E-state index in [-0.39, 0.29) is 10.9 Å². The highest BCUT2D eigenvalue weighted by Gasteiger charge is 2.31. The first-order valence-electron chi connectivity index (χ1n) is 5.97. The molecule has 1 unspecified atom stereocenters. The fourth-order valence-electron chi connectivity index (χ4n) is 1.93. The predicted molar refractivity (Wildman–Crippen MR) is 68.4 cm³/mol.